The molecule has 180 valence electrons. The molecular formula is C32H42N2. The van der Waals surface area contributed by atoms with Crippen LogP contribution in [0.3, 0.4) is 0 Å². The van der Waals surface area contributed by atoms with Crippen LogP contribution in [0.5, 0.6) is 0 Å². The molecule has 34 heavy (non-hydrogen) atoms. The zero-order chi connectivity index (χ0) is 24.4. The van der Waals surface area contributed by atoms with Gasteiger partial charge in [-0.25, -0.2) is 0 Å². The number of allylic oxidation sites excluding steroid dienone is 1. The molecule has 0 aliphatic carbocycles. The molecule has 1 atom stereocenters. The summed E-state index contributed by atoms with van der Waals surface area (Å²) in [7, 11) is 0. The summed E-state index contributed by atoms with van der Waals surface area (Å²) in [6.07, 6.45) is 4.57. The van der Waals surface area contributed by atoms with E-state index in [1.807, 2.05) is 0 Å². The summed E-state index contributed by atoms with van der Waals surface area (Å²) in [5.41, 5.74) is 12.2. The number of aryl methyl sites for hydroxylation is 1. The Morgan fingerprint density at radius 1 is 1.06 bits per heavy atom. The minimum atomic E-state index is 0.327. The molecule has 2 aromatic carbocycles. The highest BCUT2D eigenvalue weighted by Crippen LogP contribution is 2.39. The van der Waals surface area contributed by atoms with Crippen molar-refractivity contribution in [2.75, 3.05) is 13.1 Å². The molecule has 0 bridgehead atoms. The Hall–Kier alpha value is -2.58. The predicted molar refractivity (Wildman–Crippen MR) is 147 cm³/mol. The number of rotatable bonds is 8. The van der Waals surface area contributed by atoms with Crippen LogP contribution in [0.15, 0.2) is 67.3 Å². The lowest BCUT2D eigenvalue weighted by Gasteiger charge is -2.33. The van der Waals surface area contributed by atoms with E-state index in [1.54, 1.807) is 0 Å². The van der Waals surface area contributed by atoms with Gasteiger partial charge in [0.15, 0.2) is 0 Å². The Bertz CT molecular complexity index is 1080. The van der Waals surface area contributed by atoms with Gasteiger partial charge in [0.05, 0.1) is 6.04 Å². The van der Waals surface area contributed by atoms with Crippen molar-refractivity contribution in [2.45, 2.75) is 78.4 Å². The molecule has 2 aliphatic rings. The SMILES string of the molecule is C=C(C)CCC(C(=C)C)N1Cc2cc(C3CCN(Cc4cccc(C)c4C)CC3)ccc2C1=C. The molecule has 1 fully saturated rings. The minimum Gasteiger partial charge on any atom is -0.360 e. The molecule has 0 saturated carbocycles. The van der Waals surface area contributed by atoms with Crippen molar-refractivity contribution in [1.82, 2.24) is 9.80 Å². The zero-order valence-electron chi connectivity index (χ0n) is 21.8. The lowest BCUT2D eigenvalue weighted by Crippen LogP contribution is -2.32. The molecular weight excluding hydrogens is 412 g/mol. The lowest BCUT2D eigenvalue weighted by molar-refractivity contribution is 0.204. The highest BCUT2D eigenvalue weighted by Gasteiger charge is 2.30. The predicted octanol–water partition coefficient (Wildman–Crippen LogP) is 7.77. The molecule has 0 amide bonds. The van der Waals surface area contributed by atoms with Crippen molar-refractivity contribution >= 4 is 5.70 Å². The van der Waals surface area contributed by atoms with E-state index in [2.05, 4.69) is 93.6 Å². The number of likely N-dealkylation sites (tertiary alicyclic amines) is 1. The van der Waals surface area contributed by atoms with Crippen molar-refractivity contribution in [2.24, 2.45) is 0 Å². The van der Waals surface area contributed by atoms with Crippen LogP contribution in [0.4, 0.5) is 0 Å². The third kappa shape index (κ3) is 5.23. The Kier molecular flexibility index (Phi) is 7.48. The first-order valence-electron chi connectivity index (χ1n) is 12.9. The smallest absolute Gasteiger partial charge is 0.0503 e. The fourth-order valence-electron chi connectivity index (χ4n) is 5.71. The second-order valence-corrected chi connectivity index (χ2v) is 10.8. The lowest BCUT2D eigenvalue weighted by atomic mass is 9.87. The van der Waals surface area contributed by atoms with Crippen molar-refractivity contribution < 1.29 is 0 Å². The van der Waals surface area contributed by atoms with E-state index < -0.39 is 0 Å². The number of nitrogens with zero attached hydrogens (tertiary/aromatic N) is 2. The maximum atomic E-state index is 4.47. The summed E-state index contributed by atoms with van der Waals surface area (Å²) in [5, 5.41) is 0. The van der Waals surface area contributed by atoms with E-state index in [1.165, 1.54) is 70.5 Å². The van der Waals surface area contributed by atoms with Crippen LogP contribution in [0, 0.1) is 13.8 Å². The van der Waals surface area contributed by atoms with Crippen molar-refractivity contribution in [3.63, 3.8) is 0 Å². The van der Waals surface area contributed by atoms with Crippen LogP contribution in [-0.4, -0.2) is 28.9 Å². The Morgan fingerprint density at radius 3 is 2.47 bits per heavy atom. The summed E-state index contributed by atoms with van der Waals surface area (Å²) >= 11 is 0. The molecule has 0 aromatic heterocycles. The van der Waals surface area contributed by atoms with Crippen molar-refractivity contribution in [1.29, 1.82) is 0 Å². The van der Waals surface area contributed by atoms with Crippen LogP contribution in [0.1, 0.15) is 78.8 Å². The molecule has 1 saturated heterocycles. The van der Waals surface area contributed by atoms with Crippen LogP contribution in [0.2, 0.25) is 0 Å². The van der Waals surface area contributed by atoms with E-state index in [-0.39, 0.29) is 0 Å². The van der Waals surface area contributed by atoms with E-state index in [4.69, 9.17) is 0 Å². The first kappa shape index (κ1) is 24.5. The fourth-order valence-corrected chi connectivity index (χ4v) is 5.71. The van der Waals surface area contributed by atoms with E-state index >= 15 is 0 Å². The maximum absolute atomic E-state index is 4.47. The quantitative estimate of drug-likeness (QED) is 0.376. The van der Waals surface area contributed by atoms with Gasteiger partial charge >= 0.3 is 0 Å². The highest BCUT2D eigenvalue weighted by atomic mass is 15.2. The van der Waals surface area contributed by atoms with Gasteiger partial charge < -0.3 is 4.90 Å². The van der Waals surface area contributed by atoms with E-state index in [0.717, 1.165) is 31.6 Å². The summed E-state index contributed by atoms with van der Waals surface area (Å²) < 4.78 is 0. The average Bonchev–Trinajstić information content (AvgIpc) is 3.12. The molecule has 2 nitrogen and oxygen atoms in total. The van der Waals surface area contributed by atoms with Gasteiger partial charge in [0.1, 0.15) is 0 Å². The number of hydrogen-bond acceptors (Lipinski definition) is 2. The zero-order valence-corrected chi connectivity index (χ0v) is 21.8. The standard InChI is InChI=1S/C32H42N2/c1-22(2)11-14-32(23(3)4)34-21-30-19-28(12-13-31(30)26(34)7)27-15-17-33(18-16-27)20-29-10-8-9-24(5)25(29)6/h8-10,12-13,19,27,32H,1,3,7,11,14-18,20-21H2,2,4-6H3. The van der Waals surface area contributed by atoms with Gasteiger partial charge in [-0.05, 0) is 100 Å². The molecule has 1 unspecified atom stereocenters. The Labute approximate surface area is 207 Å². The van der Waals surface area contributed by atoms with E-state index in [0.29, 0.717) is 12.0 Å². The molecule has 2 heterocycles. The topological polar surface area (TPSA) is 6.48 Å². The van der Waals surface area contributed by atoms with Gasteiger partial charge in [0, 0.05) is 24.4 Å². The normalized spacial score (nSPS) is 17.6. The summed E-state index contributed by atoms with van der Waals surface area (Å²) in [6.45, 7) is 26.0. The maximum Gasteiger partial charge on any atom is 0.0503 e. The minimum absolute atomic E-state index is 0.327. The molecule has 0 N–H and O–H groups in total. The molecule has 2 aromatic rings. The second-order valence-electron chi connectivity index (χ2n) is 10.8. The highest BCUT2D eigenvalue weighted by molar-refractivity contribution is 5.70. The molecule has 2 heteroatoms. The van der Waals surface area contributed by atoms with Gasteiger partial charge in [-0.3, -0.25) is 4.90 Å². The molecule has 0 spiro atoms. The third-order valence-electron chi connectivity index (χ3n) is 8.09. The first-order chi connectivity index (χ1) is 16.2. The van der Waals surface area contributed by atoms with E-state index in [9.17, 15) is 0 Å². The van der Waals surface area contributed by atoms with Crippen LogP contribution in [0.25, 0.3) is 5.70 Å². The number of fused-ring (bicyclic) bond motifs is 1. The largest absolute Gasteiger partial charge is 0.360 e. The van der Waals surface area contributed by atoms with Gasteiger partial charge in [-0.1, -0.05) is 60.7 Å². The van der Waals surface area contributed by atoms with Crippen molar-refractivity contribution in [3.05, 3.63) is 101 Å². The molecule has 4 rings (SSSR count). The molecule has 2 aliphatic heterocycles. The average molecular weight is 455 g/mol. The van der Waals surface area contributed by atoms with Crippen LogP contribution < -0.4 is 0 Å². The summed E-state index contributed by atoms with van der Waals surface area (Å²) in [6, 6.07) is 14.2. The number of hydrogen-bond donors (Lipinski definition) is 0. The number of piperidine rings is 1. The van der Waals surface area contributed by atoms with Crippen molar-refractivity contribution in [3.8, 4) is 0 Å². The monoisotopic (exact) mass is 454 g/mol. The molecule has 0 radical (unpaired) electrons. The number of benzene rings is 2. The van der Waals surface area contributed by atoms with Crippen LogP contribution in [-0.2, 0) is 13.1 Å². The Balaban J connectivity index is 1.40. The summed E-state index contributed by atoms with van der Waals surface area (Å²) in [4.78, 5) is 5.10. The first-order valence-corrected chi connectivity index (χ1v) is 12.9. The summed E-state index contributed by atoms with van der Waals surface area (Å²) in [5.74, 6) is 0.655. The van der Waals surface area contributed by atoms with Gasteiger partial charge in [0.2, 0.25) is 0 Å². The Morgan fingerprint density at radius 2 is 1.79 bits per heavy atom. The van der Waals surface area contributed by atoms with Gasteiger partial charge in [-0.2, -0.15) is 0 Å². The second kappa shape index (κ2) is 10.4. The third-order valence-corrected chi connectivity index (χ3v) is 8.09. The fraction of sp³-hybridized carbons (Fsp3) is 0.438. The van der Waals surface area contributed by atoms with Gasteiger partial charge in [-0.15, -0.1) is 6.58 Å². The van der Waals surface area contributed by atoms with Gasteiger partial charge in [0.25, 0.3) is 0 Å². The van der Waals surface area contributed by atoms with Crippen LogP contribution >= 0.6 is 0 Å².